The van der Waals surface area contributed by atoms with Gasteiger partial charge in [0.15, 0.2) is 17.5 Å². The molecule has 0 bridgehead atoms. The molecule has 5 nitrogen and oxygen atoms in total. The second-order valence-corrected chi connectivity index (χ2v) is 6.50. The van der Waals surface area contributed by atoms with Gasteiger partial charge >= 0.3 is 0 Å². The van der Waals surface area contributed by atoms with Crippen LogP contribution >= 0.6 is 24.0 Å². The molecule has 6 heteroatoms. The van der Waals surface area contributed by atoms with Gasteiger partial charge in [0, 0.05) is 18.0 Å². The molecule has 1 heterocycles. The first-order valence-corrected chi connectivity index (χ1v) is 8.62. The molecule has 1 aliphatic heterocycles. The van der Waals surface area contributed by atoms with Crippen molar-refractivity contribution in [2.45, 2.75) is 51.5 Å². The van der Waals surface area contributed by atoms with E-state index in [4.69, 9.17) is 14.5 Å². The fourth-order valence-electron chi connectivity index (χ4n) is 2.80. The lowest BCUT2D eigenvalue weighted by molar-refractivity contribution is 0.174. The van der Waals surface area contributed by atoms with Gasteiger partial charge < -0.3 is 20.1 Å². The Labute approximate surface area is 161 Å². The smallest absolute Gasteiger partial charge is 0.231 e. The van der Waals surface area contributed by atoms with Crippen LogP contribution in [0.2, 0.25) is 0 Å². The number of nitrogens with zero attached hydrogens (tertiary/aromatic N) is 1. The van der Waals surface area contributed by atoms with Crippen LogP contribution in [0.1, 0.15) is 45.6 Å². The van der Waals surface area contributed by atoms with Crippen molar-refractivity contribution in [2.75, 3.05) is 19.9 Å². The van der Waals surface area contributed by atoms with Crippen molar-refractivity contribution >= 4 is 29.9 Å². The molecule has 0 amide bonds. The second kappa shape index (κ2) is 8.27. The molecular weight excluding hydrogens is 417 g/mol. The topological polar surface area (TPSA) is 54.9 Å². The largest absolute Gasteiger partial charge is 0.454 e. The van der Waals surface area contributed by atoms with Crippen molar-refractivity contribution < 1.29 is 9.47 Å². The first kappa shape index (κ1) is 19.1. The summed E-state index contributed by atoms with van der Waals surface area (Å²) in [4.78, 5) is 4.83. The van der Waals surface area contributed by atoms with E-state index in [1.54, 1.807) is 0 Å². The summed E-state index contributed by atoms with van der Waals surface area (Å²) in [5, 5.41) is 6.79. The monoisotopic (exact) mass is 445 g/mol. The molecule has 0 spiro atoms. The van der Waals surface area contributed by atoms with Gasteiger partial charge in [-0.05, 0) is 50.8 Å². The number of aliphatic imine (C=N–C) groups is 1. The highest BCUT2D eigenvalue weighted by Crippen LogP contribution is 2.50. The van der Waals surface area contributed by atoms with E-state index in [9.17, 15) is 0 Å². The lowest BCUT2D eigenvalue weighted by atomic mass is 9.96. The van der Waals surface area contributed by atoms with Crippen LogP contribution < -0.4 is 20.1 Å². The summed E-state index contributed by atoms with van der Waals surface area (Å²) >= 11 is 0. The molecule has 2 aliphatic rings. The van der Waals surface area contributed by atoms with Crippen LogP contribution in [0, 0.1) is 0 Å². The number of nitrogens with one attached hydrogen (secondary N) is 2. The van der Waals surface area contributed by atoms with Gasteiger partial charge in [0.1, 0.15) is 0 Å². The quantitative estimate of drug-likeness (QED) is 0.401. The third kappa shape index (κ3) is 4.26. The van der Waals surface area contributed by atoms with Crippen molar-refractivity contribution in [3.05, 3.63) is 23.8 Å². The minimum Gasteiger partial charge on any atom is -0.454 e. The highest BCUT2D eigenvalue weighted by molar-refractivity contribution is 14.0. The summed E-state index contributed by atoms with van der Waals surface area (Å²) < 4.78 is 10.9. The van der Waals surface area contributed by atoms with Crippen molar-refractivity contribution in [2.24, 2.45) is 4.99 Å². The van der Waals surface area contributed by atoms with E-state index in [0.29, 0.717) is 12.8 Å². The molecular formula is C18H28IN3O2. The predicted octanol–water partition coefficient (Wildman–Crippen LogP) is 3.42. The third-order valence-corrected chi connectivity index (χ3v) is 4.72. The number of ether oxygens (including phenoxy) is 2. The van der Waals surface area contributed by atoms with Gasteiger partial charge in [-0.2, -0.15) is 0 Å². The van der Waals surface area contributed by atoms with Gasteiger partial charge in [0.25, 0.3) is 0 Å². The van der Waals surface area contributed by atoms with Gasteiger partial charge in [-0.15, -0.1) is 24.0 Å². The number of hydrogen-bond acceptors (Lipinski definition) is 3. The number of guanidine groups is 1. The minimum absolute atomic E-state index is 0. The van der Waals surface area contributed by atoms with Crippen molar-refractivity contribution in [3.63, 3.8) is 0 Å². The molecule has 1 fully saturated rings. The zero-order valence-electron chi connectivity index (χ0n) is 14.7. The molecule has 1 saturated carbocycles. The molecule has 3 rings (SSSR count). The van der Waals surface area contributed by atoms with Crippen LogP contribution in [0.3, 0.4) is 0 Å². The molecule has 0 aromatic heterocycles. The molecule has 1 atom stereocenters. The van der Waals surface area contributed by atoms with Gasteiger partial charge in [0.2, 0.25) is 6.79 Å². The molecule has 1 aliphatic carbocycles. The number of benzene rings is 1. The maximum Gasteiger partial charge on any atom is 0.231 e. The average molecular weight is 445 g/mol. The SMILES string of the molecule is CCNC(=NCC1(c2ccc3c(c2)OCO3)CC1)NC(C)CC.I. The van der Waals surface area contributed by atoms with Crippen LogP contribution in [0.25, 0.3) is 0 Å². The standard InChI is InChI=1S/C18H27N3O2.HI/c1-4-13(3)21-17(19-5-2)20-11-18(8-9-18)14-6-7-15-16(10-14)23-12-22-15;/h6-7,10,13H,4-5,8-9,11-12H2,1-3H3,(H2,19,20,21);1H. The van der Waals surface area contributed by atoms with Crippen LogP contribution in [-0.2, 0) is 5.41 Å². The third-order valence-electron chi connectivity index (χ3n) is 4.72. The van der Waals surface area contributed by atoms with Crippen LogP contribution in [0.4, 0.5) is 0 Å². The fraction of sp³-hybridized carbons (Fsp3) is 0.611. The normalized spacial score (nSPS) is 18.5. The van der Waals surface area contributed by atoms with E-state index in [1.165, 1.54) is 18.4 Å². The molecule has 1 unspecified atom stereocenters. The highest BCUT2D eigenvalue weighted by atomic mass is 127. The van der Waals surface area contributed by atoms with Crippen molar-refractivity contribution in [1.29, 1.82) is 0 Å². The Balaban J connectivity index is 0.00000208. The Morgan fingerprint density at radius 1 is 1.25 bits per heavy atom. The number of fused-ring (bicyclic) bond motifs is 1. The lowest BCUT2D eigenvalue weighted by Crippen LogP contribution is -2.42. The Bertz CT molecular complexity index is 588. The van der Waals surface area contributed by atoms with Gasteiger partial charge in [-0.1, -0.05) is 13.0 Å². The minimum atomic E-state index is 0. The number of hydrogen-bond donors (Lipinski definition) is 2. The van der Waals surface area contributed by atoms with Crippen molar-refractivity contribution in [1.82, 2.24) is 10.6 Å². The van der Waals surface area contributed by atoms with E-state index in [2.05, 4.69) is 43.5 Å². The Morgan fingerprint density at radius 3 is 2.67 bits per heavy atom. The van der Waals surface area contributed by atoms with Gasteiger partial charge in [0.05, 0.1) is 6.54 Å². The molecule has 0 radical (unpaired) electrons. The Morgan fingerprint density at radius 2 is 2.00 bits per heavy atom. The maximum absolute atomic E-state index is 5.51. The van der Waals surface area contributed by atoms with E-state index in [0.717, 1.165) is 37.0 Å². The zero-order chi connectivity index (χ0) is 16.3. The van der Waals surface area contributed by atoms with Crippen molar-refractivity contribution in [3.8, 4) is 11.5 Å². The summed E-state index contributed by atoms with van der Waals surface area (Å²) in [6.45, 7) is 8.46. The maximum atomic E-state index is 5.51. The summed E-state index contributed by atoms with van der Waals surface area (Å²) in [6, 6.07) is 6.73. The molecule has 2 N–H and O–H groups in total. The lowest BCUT2D eigenvalue weighted by Gasteiger charge is -2.18. The molecule has 0 saturated heterocycles. The van der Waals surface area contributed by atoms with Gasteiger partial charge in [-0.25, -0.2) is 0 Å². The van der Waals surface area contributed by atoms with Crippen LogP contribution in [-0.4, -0.2) is 31.9 Å². The van der Waals surface area contributed by atoms with E-state index in [-0.39, 0.29) is 29.4 Å². The number of halogens is 1. The molecule has 134 valence electrons. The molecule has 1 aromatic rings. The molecule has 24 heavy (non-hydrogen) atoms. The first-order valence-electron chi connectivity index (χ1n) is 8.62. The van der Waals surface area contributed by atoms with E-state index < -0.39 is 0 Å². The van der Waals surface area contributed by atoms with Gasteiger partial charge in [-0.3, -0.25) is 4.99 Å². The first-order chi connectivity index (χ1) is 11.2. The summed E-state index contributed by atoms with van der Waals surface area (Å²) in [6.07, 6.45) is 3.44. The van der Waals surface area contributed by atoms with Crippen LogP contribution in [0.5, 0.6) is 11.5 Å². The van der Waals surface area contributed by atoms with E-state index >= 15 is 0 Å². The average Bonchev–Trinajstić information content (AvgIpc) is 3.21. The predicted molar refractivity (Wildman–Crippen MR) is 108 cm³/mol. The zero-order valence-corrected chi connectivity index (χ0v) is 17.1. The Kier molecular flexibility index (Phi) is 6.60. The summed E-state index contributed by atoms with van der Waals surface area (Å²) in [7, 11) is 0. The number of rotatable bonds is 6. The summed E-state index contributed by atoms with van der Waals surface area (Å²) in [5.74, 6) is 2.62. The molecule has 1 aromatic carbocycles. The fourth-order valence-corrected chi connectivity index (χ4v) is 2.80. The Hall–Kier alpha value is -1.18. The second-order valence-electron chi connectivity index (χ2n) is 6.50. The summed E-state index contributed by atoms with van der Waals surface area (Å²) in [5.41, 5.74) is 1.48. The highest BCUT2D eigenvalue weighted by Gasteiger charge is 2.44. The van der Waals surface area contributed by atoms with E-state index in [1.807, 2.05) is 6.07 Å². The van der Waals surface area contributed by atoms with Crippen LogP contribution in [0.15, 0.2) is 23.2 Å².